The Morgan fingerprint density at radius 2 is 2.10 bits per heavy atom. The van der Waals surface area contributed by atoms with Crippen LogP contribution in [0.1, 0.15) is 25.3 Å². The lowest BCUT2D eigenvalue weighted by atomic mass is 9.82. The van der Waals surface area contributed by atoms with Crippen LogP contribution in [0, 0.1) is 12.3 Å². The average molecular weight is 287 g/mol. The van der Waals surface area contributed by atoms with E-state index in [1.165, 1.54) is 0 Å². The minimum absolute atomic E-state index is 0.166. The van der Waals surface area contributed by atoms with Crippen LogP contribution in [-0.2, 0) is 11.3 Å². The molecular weight excluding hydrogens is 266 g/mol. The van der Waals surface area contributed by atoms with Crippen molar-refractivity contribution in [3.8, 4) is 11.4 Å². The molecule has 21 heavy (non-hydrogen) atoms. The third kappa shape index (κ3) is 2.76. The fraction of sp³-hybridized carbons (Fsp3) is 0.533. The molecule has 6 nitrogen and oxygen atoms in total. The van der Waals surface area contributed by atoms with E-state index >= 15 is 0 Å². The maximum Gasteiger partial charge on any atom is 0.184 e. The zero-order valence-electron chi connectivity index (χ0n) is 12.5. The summed E-state index contributed by atoms with van der Waals surface area (Å²) in [5.41, 5.74) is 9.01. The van der Waals surface area contributed by atoms with Crippen molar-refractivity contribution < 1.29 is 4.74 Å². The minimum Gasteiger partial charge on any atom is -0.398 e. The molecule has 1 aliphatic heterocycles. The molecule has 1 aliphatic rings. The van der Waals surface area contributed by atoms with Gasteiger partial charge in [-0.3, -0.25) is 0 Å². The van der Waals surface area contributed by atoms with Crippen LogP contribution >= 0.6 is 0 Å². The Bertz CT molecular complexity index is 610. The molecule has 3 rings (SSSR count). The summed E-state index contributed by atoms with van der Waals surface area (Å²) in [6, 6.07) is 5.86. The van der Waals surface area contributed by atoms with Crippen LogP contribution in [0.2, 0.25) is 0 Å². The normalized spacial score (nSPS) is 17.8. The van der Waals surface area contributed by atoms with E-state index in [1.54, 1.807) is 0 Å². The number of anilines is 1. The Morgan fingerprint density at radius 1 is 1.33 bits per heavy atom. The van der Waals surface area contributed by atoms with Crippen molar-refractivity contribution in [3.63, 3.8) is 0 Å². The first-order valence-corrected chi connectivity index (χ1v) is 7.28. The minimum atomic E-state index is 0.166. The highest BCUT2D eigenvalue weighted by atomic mass is 16.5. The van der Waals surface area contributed by atoms with Crippen molar-refractivity contribution in [2.24, 2.45) is 5.41 Å². The van der Waals surface area contributed by atoms with Gasteiger partial charge in [0.2, 0.25) is 0 Å². The maximum absolute atomic E-state index is 6.12. The van der Waals surface area contributed by atoms with Crippen LogP contribution in [-0.4, -0.2) is 33.4 Å². The monoisotopic (exact) mass is 287 g/mol. The number of nitrogen functional groups attached to an aromatic ring is 1. The van der Waals surface area contributed by atoms with Gasteiger partial charge in [0.05, 0.1) is 6.54 Å². The molecule has 1 saturated heterocycles. The molecule has 1 fully saturated rings. The molecule has 1 aromatic carbocycles. The smallest absolute Gasteiger partial charge is 0.184 e. The Morgan fingerprint density at radius 3 is 2.81 bits per heavy atom. The molecule has 0 bridgehead atoms. The van der Waals surface area contributed by atoms with Crippen LogP contribution < -0.4 is 5.73 Å². The number of nitrogens with two attached hydrogens (primary N) is 1. The highest BCUT2D eigenvalue weighted by Gasteiger charge is 2.30. The van der Waals surface area contributed by atoms with E-state index in [-0.39, 0.29) is 5.41 Å². The van der Waals surface area contributed by atoms with Crippen molar-refractivity contribution >= 4 is 5.69 Å². The third-order valence-electron chi connectivity index (χ3n) is 4.29. The number of nitrogens with zero attached hydrogens (tertiary/aromatic N) is 4. The Labute approximate surface area is 124 Å². The van der Waals surface area contributed by atoms with Gasteiger partial charge in [-0.05, 0) is 47.2 Å². The van der Waals surface area contributed by atoms with E-state index in [2.05, 4.69) is 22.4 Å². The fourth-order valence-electron chi connectivity index (χ4n) is 2.87. The lowest BCUT2D eigenvalue weighted by molar-refractivity contribution is 0.0138. The quantitative estimate of drug-likeness (QED) is 0.874. The van der Waals surface area contributed by atoms with Crippen molar-refractivity contribution in [2.45, 2.75) is 33.2 Å². The lowest BCUT2D eigenvalue weighted by Gasteiger charge is -2.33. The molecule has 2 heterocycles. The Hall–Kier alpha value is -1.95. The molecule has 0 spiro atoms. The summed E-state index contributed by atoms with van der Waals surface area (Å²) >= 11 is 0. The molecule has 0 atom stereocenters. The van der Waals surface area contributed by atoms with Gasteiger partial charge in [0.25, 0.3) is 0 Å². The first-order valence-electron chi connectivity index (χ1n) is 7.28. The highest BCUT2D eigenvalue weighted by Crippen LogP contribution is 2.34. The first-order chi connectivity index (χ1) is 10.1. The van der Waals surface area contributed by atoms with E-state index in [1.807, 2.05) is 29.8 Å². The fourth-order valence-corrected chi connectivity index (χ4v) is 2.87. The van der Waals surface area contributed by atoms with Crippen LogP contribution in [0.5, 0.6) is 0 Å². The predicted octanol–water partition coefficient (Wildman–Crippen LogP) is 2.05. The predicted molar refractivity (Wildman–Crippen MR) is 80.6 cm³/mol. The molecule has 0 amide bonds. The summed E-state index contributed by atoms with van der Waals surface area (Å²) < 4.78 is 7.34. The van der Waals surface area contributed by atoms with Crippen molar-refractivity contribution in [2.75, 3.05) is 18.9 Å². The number of benzene rings is 1. The molecule has 0 radical (unpaired) electrons. The molecule has 0 saturated carbocycles. The third-order valence-corrected chi connectivity index (χ3v) is 4.29. The standard InChI is InChI=1S/C15H21N5O/c1-11-4-3-5-12(16)13(11)14-17-18-19-20(14)10-15(2)6-8-21-9-7-15/h3-5H,6-10,16H2,1-2H3. The molecular formula is C15H21N5O. The van der Waals surface area contributed by atoms with E-state index in [4.69, 9.17) is 10.5 Å². The van der Waals surface area contributed by atoms with Crippen LogP contribution in [0.3, 0.4) is 0 Å². The summed E-state index contributed by atoms with van der Waals surface area (Å²) in [6.45, 7) is 6.69. The van der Waals surface area contributed by atoms with Gasteiger partial charge in [-0.15, -0.1) is 5.10 Å². The van der Waals surface area contributed by atoms with E-state index in [0.29, 0.717) is 5.69 Å². The van der Waals surface area contributed by atoms with Crippen molar-refractivity contribution in [3.05, 3.63) is 23.8 Å². The molecule has 0 aliphatic carbocycles. The van der Waals surface area contributed by atoms with Gasteiger partial charge < -0.3 is 10.5 Å². The second-order valence-electron chi connectivity index (χ2n) is 6.12. The van der Waals surface area contributed by atoms with Gasteiger partial charge >= 0.3 is 0 Å². The second-order valence-corrected chi connectivity index (χ2v) is 6.12. The second kappa shape index (κ2) is 5.44. The van der Waals surface area contributed by atoms with Crippen molar-refractivity contribution in [1.29, 1.82) is 0 Å². The number of aryl methyl sites for hydroxylation is 1. The van der Waals surface area contributed by atoms with Gasteiger partial charge in [-0.1, -0.05) is 19.1 Å². The number of hydrogen-bond donors (Lipinski definition) is 1. The average Bonchev–Trinajstić information content (AvgIpc) is 2.87. The molecule has 2 aromatic rings. The molecule has 112 valence electrons. The molecule has 2 N–H and O–H groups in total. The lowest BCUT2D eigenvalue weighted by Crippen LogP contribution is -2.31. The van der Waals surface area contributed by atoms with E-state index in [9.17, 15) is 0 Å². The van der Waals surface area contributed by atoms with Crippen LogP contribution in [0.15, 0.2) is 18.2 Å². The summed E-state index contributed by atoms with van der Waals surface area (Å²) in [5, 5.41) is 12.2. The zero-order valence-corrected chi connectivity index (χ0v) is 12.5. The van der Waals surface area contributed by atoms with Gasteiger partial charge in [0, 0.05) is 24.5 Å². The largest absolute Gasteiger partial charge is 0.398 e. The van der Waals surface area contributed by atoms with Gasteiger partial charge in [0.1, 0.15) is 0 Å². The summed E-state index contributed by atoms with van der Waals surface area (Å²) in [5.74, 6) is 0.748. The molecule has 6 heteroatoms. The van der Waals surface area contributed by atoms with Crippen LogP contribution in [0.4, 0.5) is 5.69 Å². The van der Waals surface area contributed by atoms with Gasteiger partial charge in [0.15, 0.2) is 5.82 Å². The summed E-state index contributed by atoms with van der Waals surface area (Å²) in [6.07, 6.45) is 2.05. The number of aromatic nitrogens is 4. The zero-order chi connectivity index (χ0) is 14.9. The first kappa shape index (κ1) is 14.0. The van der Waals surface area contributed by atoms with Crippen LogP contribution in [0.25, 0.3) is 11.4 Å². The number of tetrazole rings is 1. The topological polar surface area (TPSA) is 78.9 Å². The van der Waals surface area contributed by atoms with Gasteiger partial charge in [-0.25, -0.2) is 4.68 Å². The molecule has 1 aromatic heterocycles. The number of hydrogen-bond acceptors (Lipinski definition) is 5. The SMILES string of the molecule is Cc1cccc(N)c1-c1nnnn1CC1(C)CCOCC1. The van der Waals surface area contributed by atoms with Crippen molar-refractivity contribution in [1.82, 2.24) is 20.2 Å². The van der Waals surface area contributed by atoms with Gasteiger partial charge in [-0.2, -0.15) is 0 Å². The highest BCUT2D eigenvalue weighted by molar-refractivity contribution is 5.74. The maximum atomic E-state index is 6.12. The summed E-state index contributed by atoms with van der Waals surface area (Å²) in [7, 11) is 0. The number of ether oxygens (including phenoxy) is 1. The van der Waals surface area contributed by atoms with E-state index in [0.717, 1.165) is 49.6 Å². The Kier molecular flexibility index (Phi) is 3.63. The molecule has 0 unspecified atom stereocenters. The Balaban J connectivity index is 1.94. The summed E-state index contributed by atoms with van der Waals surface area (Å²) in [4.78, 5) is 0. The van der Waals surface area contributed by atoms with E-state index < -0.39 is 0 Å². The number of rotatable bonds is 3.